The second-order valence-corrected chi connectivity index (χ2v) is 14.8. The van der Waals surface area contributed by atoms with Gasteiger partial charge in [-0.1, -0.05) is 54.6 Å². The summed E-state index contributed by atoms with van der Waals surface area (Å²) in [7, 11) is 0. The van der Waals surface area contributed by atoms with Crippen molar-refractivity contribution in [3.05, 3.63) is 124 Å². The van der Waals surface area contributed by atoms with Crippen LogP contribution < -0.4 is 15.4 Å². The van der Waals surface area contributed by atoms with Gasteiger partial charge in [0, 0.05) is 49.0 Å². The maximum atomic E-state index is 6.30. The van der Waals surface area contributed by atoms with Crippen LogP contribution in [-0.4, -0.2) is 74.5 Å². The average Bonchev–Trinajstić information content (AvgIpc) is 3.64. The van der Waals surface area contributed by atoms with E-state index in [1.165, 1.54) is 31.7 Å². The van der Waals surface area contributed by atoms with Gasteiger partial charge in [0.15, 0.2) is 5.96 Å². The van der Waals surface area contributed by atoms with Gasteiger partial charge in [0.2, 0.25) is 0 Å². The molecule has 1 atom stereocenters. The van der Waals surface area contributed by atoms with Gasteiger partial charge in [0.1, 0.15) is 11.5 Å². The van der Waals surface area contributed by atoms with Crippen LogP contribution in [0, 0.1) is 0 Å². The minimum Gasteiger partial charge on any atom is -0.457 e. The Morgan fingerprint density at radius 3 is 2.60 bits per heavy atom. The summed E-state index contributed by atoms with van der Waals surface area (Å²) in [5.74, 6) is 2.48. The van der Waals surface area contributed by atoms with Crippen LogP contribution in [0.25, 0.3) is 10.8 Å². The van der Waals surface area contributed by atoms with Gasteiger partial charge in [-0.05, 0) is 101 Å². The molecule has 7 nitrogen and oxygen atoms in total. The first-order valence-electron chi connectivity index (χ1n) is 17.7. The summed E-state index contributed by atoms with van der Waals surface area (Å²) < 4.78 is 11.8. The maximum Gasteiger partial charge on any atom is 0.191 e. The first kappa shape index (κ1) is 34.6. The number of guanidine groups is 1. The van der Waals surface area contributed by atoms with Crippen LogP contribution in [0.1, 0.15) is 34.0 Å². The molecule has 260 valence electrons. The van der Waals surface area contributed by atoms with Crippen molar-refractivity contribution in [2.24, 2.45) is 4.99 Å². The molecule has 1 saturated heterocycles. The quantitative estimate of drug-likeness (QED) is 0.0558. The van der Waals surface area contributed by atoms with Gasteiger partial charge >= 0.3 is 0 Å². The van der Waals surface area contributed by atoms with Crippen molar-refractivity contribution in [1.29, 1.82) is 0 Å². The first-order chi connectivity index (χ1) is 24.7. The van der Waals surface area contributed by atoms with Crippen molar-refractivity contribution < 1.29 is 9.47 Å². The van der Waals surface area contributed by atoms with Crippen LogP contribution >= 0.6 is 23.1 Å². The van der Waals surface area contributed by atoms with Crippen LogP contribution in [0.3, 0.4) is 0 Å². The highest BCUT2D eigenvalue weighted by Gasteiger charge is 2.26. The number of hydrogen-bond donors (Lipinski definition) is 2. The molecule has 0 amide bonds. The molecule has 7 rings (SSSR count). The van der Waals surface area contributed by atoms with Crippen molar-refractivity contribution in [1.82, 2.24) is 20.4 Å². The summed E-state index contributed by atoms with van der Waals surface area (Å²) in [6, 6.07) is 34.5. The third kappa shape index (κ3) is 9.27. The summed E-state index contributed by atoms with van der Waals surface area (Å²) in [5, 5.41) is 12.1. The Labute approximate surface area is 304 Å². The third-order valence-electron chi connectivity index (χ3n) is 9.56. The number of hydrogen-bond acceptors (Lipinski definition) is 7. The summed E-state index contributed by atoms with van der Waals surface area (Å²) in [6.45, 7) is 8.91. The minimum atomic E-state index is 0.220. The summed E-state index contributed by atoms with van der Waals surface area (Å²) in [5.41, 5.74) is 3.90. The van der Waals surface area contributed by atoms with Crippen LogP contribution in [0.4, 0.5) is 0 Å². The Morgan fingerprint density at radius 2 is 1.74 bits per heavy atom. The van der Waals surface area contributed by atoms with E-state index in [4.69, 9.17) is 14.5 Å². The lowest BCUT2D eigenvalue weighted by atomic mass is 10.0. The van der Waals surface area contributed by atoms with Crippen LogP contribution in [-0.2, 0) is 24.2 Å². The molecule has 0 aliphatic carbocycles. The van der Waals surface area contributed by atoms with Crippen molar-refractivity contribution in [3.63, 3.8) is 0 Å². The molecule has 1 unspecified atom stereocenters. The predicted molar refractivity (Wildman–Crippen MR) is 209 cm³/mol. The highest BCUT2D eigenvalue weighted by atomic mass is 32.2. The van der Waals surface area contributed by atoms with Gasteiger partial charge in [-0.2, -0.15) is 0 Å². The van der Waals surface area contributed by atoms with E-state index in [-0.39, 0.29) is 6.04 Å². The second kappa shape index (κ2) is 17.4. The minimum absolute atomic E-state index is 0.220. The van der Waals surface area contributed by atoms with E-state index in [0.717, 1.165) is 94.9 Å². The Bertz CT molecular complexity index is 1850. The number of thioether (sulfide) groups is 1. The number of ether oxygens (including phenoxy) is 2. The Balaban J connectivity index is 1.06. The average molecular weight is 706 g/mol. The Kier molecular flexibility index (Phi) is 12.0. The monoisotopic (exact) mass is 705 g/mol. The molecule has 2 aliphatic heterocycles. The van der Waals surface area contributed by atoms with Crippen molar-refractivity contribution in [2.75, 3.05) is 58.7 Å². The van der Waals surface area contributed by atoms with Gasteiger partial charge in [0.25, 0.3) is 0 Å². The molecule has 50 heavy (non-hydrogen) atoms. The van der Waals surface area contributed by atoms with Crippen molar-refractivity contribution in [2.45, 2.75) is 36.9 Å². The molecule has 3 heterocycles. The highest BCUT2D eigenvalue weighted by molar-refractivity contribution is 7.98. The molecule has 1 fully saturated rings. The molecule has 4 aromatic carbocycles. The number of morpholine rings is 1. The number of aliphatic imine (C=N–C) groups is 1. The topological polar surface area (TPSA) is 61.4 Å². The Morgan fingerprint density at radius 1 is 0.900 bits per heavy atom. The molecule has 0 saturated carbocycles. The standard InChI is InChI=1S/C41H47N5O2S2/c1-49-38-14-11-33(12-15-38)39(46-20-16-40-35(30-46)17-25-50-40)29-44-41(42-18-5-19-45-21-23-47-24-22-45)43-28-31-6-4-9-36(26-31)48-37-13-10-32-7-2-3-8-34(32)27-37/h2-4,6-15,17,25-27,39H,5,16,18-24,28-30H2,1H3,(H2,42,43,44). The zero-order valence-electron chi connectivity index (χ0n) is 28.9. The molecule has 2 aliphatic rings. The molecule has 1 aromatic heterocycles. The number of benzene rings is 4. The summed E-state index contributed by atoms with van der Waals surface area (Å²) in [4.78, 5) is 13.0. The molecule has 0 radical (unpaired) electrons. The lowest BCUT2D eigenvalue weighted by Crippen LogP contribution is -2.45. The number of nitrogens with one attached hydrogen (secondary N) is 2. The van der Waals surface area contributed by atoms with Gasteiger partial charge in [-0.25, -0.2) is 4.99 Å². The molecule has 5 aromatic rings. The van der Waals surface area contributed by atoms with Gasteiger partial charge in [0.05, 0.1) is 25.8 Å². The number of nitrogens with zero attached hydrogens (tertiary/aromatic N) is 3. The lowest BCUT2D eigenvalue weighted by Gasteiger charge is -2.35. The van der Waals surface area contributed by atoms with E-state index in [0.29, 0.717) is 6.54 Å². The first-order valence-corrected chi connectivity index (χ1v) is 19.8. The molecule has 0 spiro atoms. The number of thiophene rings is 1. The highest BCUT2D eigenvalue weighted by Crippen LogP contribution is 2.31. The zero-order chi connectivity index (χ0) is 34.0. The molecule has 2 N–H and O–H groups in total. The van der Waals surface area contributed by atoms with E-state index in [9.17, 15) is 0 Å². The van der Waals surface area contributed by atoms with E-state index in [2.05, 4.69) is 111 Å². The summed E-state index contributed by atoms with van der Waals surface area (Å²) >= 11 is 3.68. The van der Waals surface area contributed by atoms with Gasteiger partial charge in [-0.3, -0.25) is 9.80 Å². The van der Waals surface area contributed by atoms with Crippen LogP contribution in [0.2, 0.25) is 0 Å². The van der Waals surface area contributed by atoms with E-state index >= 15 is 0 Å². The normalized spacial score (nSPS) is 16.2. The van der Waals surface area contributed by atoms with Gasteiger partial charge in [-0.15, -0.1) is 23.1 Å². The second-order valence-electron chi connectivity index (χ2n) is 12.9. The van der Waals surface area contributed by atoms with E-state index in [1.807, 2.05) is 29.5 Å². The largest absolute Gasteiger partial charge is 0.457 e. The summed E-state index contributed by atoms with van der Waals surface area (Å²) in [6.07, 6.45) is 4.28. The van der Waals surface area contributed by atoms with E-state index < -0.39 is 0 Å². The fraction of sp³-hybridized carbons (Fsp3) is 0.341. The fourth-order valence-corrected chi connectivity index (χ4v) is 8.06. The van der Waals surface area contributed by atoms with E-state index in [1.54, 1.807) is 11.8 Å². The SMILES string of the molecule is CSc1ccc(C(CNC(=NCc2cccc(Oc3ccc4ccccc4c3)c2)NCCCN2CCOCC2)N2CCc3sccc3C2)cc1. The number of fused-ring (bicyclic) bond motifs is 2. The maximum absolute atomic E-state index is 6.30. The van der Waals surface area contributed by atoms with Crippen molar-refractivity contribution in [3.8, 4) is 11.5 Å². The third-order valence-corrected chi connectivity index (χ3v) is 11.3. The molecule has 0 bridgehead atoms. The molecule has 9 heteroatoms. The Hall–Kier alpha value is -3.86. The van der Waals surface area contributed by atoms with Crippen LogP contribution in [0.5, 0.6) is 11.5 Å². The van der Waals surface area contributed by atoms with Crippen LogP contribution in [0.15, 0.2) is 112 Å². The van der Waals surface area contributed by atoms with Crippen molar-refractivity contribution >= 4 is 39.8 Å². The fourth-order valence-electron chi connectivity index (χ4n) is 6.77. The number of rotatable bonds is 13. The predicted octanol–water partition coefficient (Wildman–Crippen LogP) is 7.97. The lowest BCUT2D eigenvalue weighted by molar-refractivity contribution is 0.0376. The zero-order valence-corrected chi connectivity index (χ0v) is 30.5. The smallest absolute Gasteiger partial charge is 0.191 e. The van der Waals surface area contributed by atoms with Gasteiger partial charge < -0.3 is 20.1 Å². The molecular formula is C41H47N5O2S2. The molecular weight excluding hydrogens is 659 g/mol.